The number of nitrogens with one attached hydrogen (secondary N) is 3. The second-order valence-corrected chi connectivity index (χ2v) is 11.4. The number of hydrogen-bond donors (Lipinski definition) is 3. The minimum absolute atomic E-state index is 0.00719. The summed E-state index contributed by atoms with van der Waals surface area (Å²) in [6.45, 7) is 1.27. The van der Waals surface area contributed by atoms with Gasteiger partial charge in [-0.25, -0.2) is 13.2 Å². The number of alkyl halides is 2. The van der Waals surface area contributed by atoms with E-state index in [0.717, 1.165) is 17.2 Å². The molecule has 40 heavy (non-hydrogen) atoms. The third kappa shape index (κ3) is 4.22. The molecule has 0 saturated carbocycles. The molecule has 1 spiro atoms. The lowest BCUT2D eigenvalue weighted by atomic mass is 9.76. The van der Waals surface area contributed by atoms with Crippen molar-refractivity contribution in [2.24, 2.45) is 0 Å². The van der Waals surface area contributed by atoms with Crippen molar-refractivity contribution in [3.05, 3.63) is 73.4 Å². The molecule has 0 aliphatic carbocycles. The fourth-order valence-electron chi connectivity index (χ4n) is 5.79. The molecule has 13 heteroatoms. The first kappa shape index (κ1) is 26.9. The molecule has 2 amide bonds. The van der Waals surface area contributed by atoms with E-state index in [2.05, 4.69) is 15.6 Å². The zero-order valence-electron chi connectivity index (χ0n) is 21.2. The van der Waals surface area contributed by atoms with Gasteiger partial charge in [0.2, 0.25) is 5.91 Å². The highest BCUT2D eigenvalue weighted by Crippen LogP contribution is 2.43. The Kier molecular flexibility index (Phi) is 6.32. The summed E-state index contributed by atoms with van der Waals surface area (Å²) in [6.07, 6.45) is 0.571. The van der Waals surface area contributed by atoms with Gasteiger partial charge in [-0.1, -0.05) is 23.2 Å². The van der Waals surface area contributed by atoms with Gasteiger partial charge in [-0.05, 0) is 60.2 Å². The van der Waals surface area contributed by atoms with Gasteiger partial charge in [0.15, 0.2) is 0 Å². The maximum atomic E-state index is 14.9. The minimum Gasteiger partial charge on any atom is -0.374 e. The second-order valence-electron chi connectivity index (χ2n) is 10.6. The van der Waals surface area contributed by atoms with E-state index in [1.165, 1.54) is 17.0 Å². The van der Waals surface area contributed by atoms with Crippen LogP contribution < -0.4 is 16.2 Å². The molecule has 1 atom stereocenters. The summed E-state index contributed by atoms with van der Waals surface area (Å²) in [6, 6.07) is 6.90. The van der Waals surface area contributed by atoms with E-state index in [-0.39, 0.29) is 53.7 Å². The quantitative estimate of drug-likeness (QED) is 0.425. The number of anilines is 1. The standard InChI is InChI=1S/C27H24Cl2F3N5O3/c1-13-23-14(4-16(28)7-18(23)29)2-3-37(13)22(38)9-33-20-5-15-6-21(35-24(39)17(15)8-19(20)30)25(40)36-11-26(12-36)27(31,32)10-34-26/h4-8,13,33-34H,2-3,9-12H2,1H3,(H,35,39). The van der Waals surface area contributed by atoms with Crippen LogP contribution in [-0.2, 0) is 11.2 Å². The fraction of sp³-hybridized carbons (Fsp3) is 0.370. The molecule has 2 saturated heterocycles. The van der Waals surface area contributed by atoms with Crippen LogP contribution >= 0.6 is 23.2 Å². The molecule has 2 aromatic carbocycles. The van der Waals surface area contributed by atoms with Gasteiger partial charge in [-0.3, -0.25) is 19.7 Å². The molecule has 0 radical (unpaired) electrons. The molecule has 3 aromatic rings. The maximum Gasteiger partial charge on any atom is 0.281 e. The highest BCUT2D eigenvalue weighted by molar-refractivity contribution is 6.35. The molecule has 1 unspecified atom stereocenters. The monoisotopic (exact) mass is 593 g/mol. The van der Waals surface area contributed by atoms with Crippen LogP contribution in [0.25, 0.3) is 10.8 Å². The number of hydrogen-bond acceptors (Lipinski definition) is 5. The van der Waals surface area contributed by atoms with E-state index >= 15 is 0 Å². The Morgan fingerprint density at radius 1 is 1.15 bits per heavy atom. The van der Waals surface area contributed by atoms with Crippen LogP contribution in [-0.4, -0.2) is 70.8 Å². The topological polar surface area (TPSA) is 97.5 Å². The average molecular weight is 594 g/mol. The Labute approximate surface area is 236 Å². The molecule has 210 valence electrons. The largest absolute Gasteiger partial charge is 0.374 e. The Hall–Kier alpha value is -3.28. The van der Waals surface area contributed by atoms with Gasteiger partial charge in [-0.2, -0.15) is 0 Å². The number of carbonyl (C=O) groups excluding carboxylic acids is 2. The summed E-state index contributed by atoms with van der Waals surface area (Å²) < 4.78 is 42.6. The molecule has 0 bridgehead atoms. The summed E-state index contributed by atoms with van der Waals surface area (Å²) in [7, 11) is 0. The number of nitrogens with zero attached hydrogens (tertiary/aromatic N) is 2. The van der Waals surface area contributed by atoms with Gasteiger partial charge in [0, 0.05) is 29.7 Å². The predicted octanol–water partition coefficient (Wildman–Crippen LogP) is 3.96. The Morgan fingerprint density at radius 3 is 2.58 bits per heavy atom. The van der Waals surface area contributed by atoms with Gasteiger partial charge >= 0.3 is 0 Å². The summed E-state index contributed by atoms with van der Waals surface area (Å²) in [4.78, 5) is 43.9. The number of carbonyl (C=O) groups is 2. The van der Waals surface area contributed by atoms with Crippen molar-refractivity contribution in [3.8, 4) is 0 Å². The lowest BCUT2D eigenvalue weighted by molar-refractivity contribution is -0.200. The summed E-state index contributed by atoms with van der Waals surface area (Å²) in [5.41, 5.74) is -0.434. The average Bonchev–Trinajstić information content (AvgIpc) is 2.86. The first-order valence-electron chi connectivity index (χ1n) is 12.7. The summed E-state index contributed by atoms with van der Waals surface area (Å²) >= 11 is 12.5. The highest BCUT2D eigenvalue weighted by atomic mass is 35.5. The zero-order chi connectivity index (χ0) is 28.6. The van der Waals surface area contributed by atoms with Crippen LogP contribution in [0, 0.1) is 5.82 Å². The number of H-pyrrole nitrogens is 1. The predicted molar refractivity (Wildman–Crippen MR) is 145 cm³/mol. The van der Waals surface area contributed by atoms with Crippen molar-refractivity contribution in [3.63, 3.8) is 0 Å². The number of likely N-dealkylation sites (tertiary alicyclic amines) is 1. The first-order valence-corrected chi connectivity index (χ1v) is 13.4. The fourth-order valence-corrected chi connectivity index (χ4v) is 6.48. The molecule has 8 nitrogen and oxygen atoms in total. The van der Waals surface area contributed by atoms with Crippen molar-refractivity contribution in [2.75, 3.05) is 38.0 Å². The highest BCUT2D eigenvalue weighted by Gasteiger charge is 2.68. The number of halogens is 5. The van der Waals surface area contributed by atoms with E-state index in [0.29, 0.717) is 23.0 Å². The molecule has 6 rings (SSSR count). The number of rotatable bonds is 4. The van der Waals surface area contributed by atoms with E-state index in [4.69, 9.17) is 23.2 Å². The third-order valence-corrected chi connectivity index (χ3v) is 8.69. The third-order valence-electron chi connectivity index (χ3n) is 8.16. The normalized spacial score (nSPS) is 20.6. The lowest BCUT2D eigenvalue weighted by Gasteiger charge is -2.60. The first-order chi connectivity index (χ1) is 18.9. The molecule has 2 fully saturated rings. The molecular formula is C27H24Cl2F3N5O3. The van der Waals surface area contributed by atoms with Crippen LogP contribution in [0.4, 0.5) is 18.9 Å². The van der Waals surface area contributed by atoms with Gasteiger partial charge in [0.05, 0.1) is 30.2 Å². The number of aromatic nitrogens is 1. The van der Waals surface area contributed by atoms with Crippen LogP contribution in [0.15, 0.2) is 35.1 Å². The molecule has 1 aromatic heterocycles. The minimum atomic E-state index is -2.90. The Bertz CT molecular complexity index is 1640. The van der Waals surface area contributed by atoms with Crippen molar-refractivity contribution in [1.82, 2.24) is 20.1 Å². The van der Waals surface area contributed by atoms with Gasteiger partial charge in [0.25, 0.3) is 17.4 Å². The molecule has 4 heterocycles. The number of aromatic amines is 1. The summed E-state index contributed by atoms with van der Waals surface area (Å²) in [5.74, 6) is -4.53. The molecule has 3 N–H and O–H groups in total. The van der Waals surface area contributed by atoms with E-state index in [1.807, 2.05) is 13.0 Å². The SMILES string of the molecule is CC1c2c(Cl)cc(Cl)cc2CCN1C(=O)CNc1cc2cc(C(=O)N3CC4(C3)NCC4(F)F)[nH]c(=O)c2cc1F. The number of amides is 2. The van der Waals surface area contributed by atoms with E-state index < -0.39 is 35.3 Å². The lowest BCUT2D eigenvalue weighted by Crippen LogP contribution is -2.87. The molecule has 3 aliphatic heterocycles. The van der Waals surface area contributed by atoms with Crippen molar-refractivity contribution in [1.29, 1.82) is 0 Å². The van der Waals surface area contributed by atoms with Crippen molar-refractivity contribution < 1.29 is 22.8 Å². The Balaban J connectivity index is 1.18. The number of pyridine rings is 1. The maximum absolute atomic E-state index is 14.9. The van der Waals surface area contributed by atoms with E-state index in [9.17, 15) is 27.6 Å². The van der Waals surface area contributed by atoms with Crippen molar-refractivity contribution >= 4 is 51.5 Å². The van der Waals surface area contributed by atoms with Crippen molar-refractivity contribution in [2.45, 2.75) is 30.8 Å². The molecule has 3 aliphatic rings. The van der Waals surface area contributed by atoms with Crippen LogP contribution in [0.3, 0.4) is 0 Å². The van der Waals surface area contributed by atoms with Gasteiger partial charge in [-0.15, -0.1) is 0 Å². The van der Waals surface area contributed by atoms with Crippen LogP contribution in [0.2, 0.25) is 10.0 Å². The van der Waals surface area contributed by atoms with Gasteiger partial charge in [0.1, 0.15) is 17.1 Å². The summed E-state index contributed by atoms with van der Waals surface area (Å²) in [5, 5.41) is 6.76. The van der Waals surface area contributed by atoms with Crippen LogP contribution in [0.1, 0.15) is 34.6 Å². The Morgan fingerprint density at radius 2 is 1.90 bits per heavy atom. The number of fused-ring (bicyclic) bond motifs is 2. The van der Waals surface area contributed by atoms with E-state index in [1.54, 1.807) is 11.0 Å². The van der Waals surface area contributed by atoms with Crippen LogP contribution in [0.5, 0.6) is 0 Å². The zero-order valence-corrected chi connectivity index (χ0v) is 22.7. The van der Waals surface area contributed by atoms with Gasteiger partial charge < -0.3 is 20.1 Å². The smallest absolute Gasteiger partial charge is 0.281 e. The second kappa shape index (κ2) is 9.39. The number of benzene rings is 2. The molecular weight excluding hydrogens is 570 g/mol.